The van der Waals surface area contributed by atoms with Gasteiger partial charge in [0, 0.05) is 31.2 Å². The molecule has 1 aliphatic carbocycles. The van der Waals surface area contributed by atoms with Crippen LogP contribution in [0, 0.1) is 11.7 Å². The summed E-state index contributed by atoms with van der Waals surface area (Å²) in [4.78, 5) is 26.5. The molecular weight excluding hydrogens is 333 g/mol. The normalized spacial score (nSPS) is 19.4. The van der Waals surface area contributed by atoms with Crippen LogP contribution in [-0.2, 0) is 4.79 Å². The van der Waals surface area contributed by atoms with Crippen LogP contribution in [0.2, 0.25) is 0 Å². The number of amides is 2. The molecule has 1 aromatic rings. The Morgan fingerprint density at radius 2 is 1.69 bits per heavy atom. The molecule has 0 radical (unpaired) electrons. The fourth-order valence-corrected chi connectivity index (χ4v) is 3.96. The molecule has 5 nitrogen and oxygen atoms in total. The molecule has 0 atom stereocenters. The molecule has 6 heteroatoms. The monoisotopic (exact) mass is 361 g/mol. The largest absolute Gasteiger partial charge is 0.352 e. The van der Waals surface area contributed by atoms with Crippen LogP contribution >= 0.6 is 0 Å². The predicted molar refractivity (Wildman–Crippen MR) is 98.3 cm³/mol. The first-order valence-corrected chi connectivity index (χ1v) is 9.65. The van der Waals surface area contributed by atoms with E-state index in [1.54, 1.807) is 0 Å². The summed E-state index contributed by atoms with van der Waals surface area (Å²) < 4.78 is 12.9. The van der Waals surface area contributed by atoms with Gasteiger partial charge in [-0.3, -0.25) is 9.59 Å². The number of nitrogens with zero attached hydrogens (tertiary/aromatic N) is 1. The lowest BCUT2D eigenvalue weighted by atomic mass is 10.0. The number of nitrogens with one attached hydrogen (secondary N) is 2. The number of likely N-dealkylation sites (tertiary alicyclic amines) is 1. The van der Waals surface area contributed by atoms with E-state index in [1.807, 2.05) is 0 Å². The Balaban J connectivity index is 1.33. The highest BCUT2D eigenvalue weighted by Gasteiger charge is 2.24. The summed E-state index contributed by atoms with van der Waals surface area (Å²) in [6.45, 7) is 3.21. The van der Waals surface area contributed by atoms with E-state index in [0.29, 0.717) is 5.56 Å². The van der Waals surface area contributed by atoms with Crippen molar-refractivity contribution in [2.45, 2.75) is 44.6 Å². The molecule has 3 rings (SSSR count). The van der Waals surface area contributed by atoms with Crippen LogP contribution in [0.25, 0.3) is 0 Å². The predicted octanol–water partition coefficient (Wildman–Crippen LogP) is 2.33. The summed E-state index contributed by atoms with van der Waals surface area (Å²) >= 11 is 0. The van der Waals surface area contributed by atoms with Crippen LogP contribution in [0.5, 0.6) is 0 Å². The molecule has 2 aliphatic rings. The fraction of sp³-hybridized carbons (Fsp3) is 0.600. The quantitative estimate of drug-likeness (QED) is 0.817. The number of benzene rings is 1. The topological polar surface area (TPSA) is 61.4 Å². The standard InChI is InChI=1S/C20H28FN3O2/c21-17-7-5-16(6-8-17)20(26)22-13-19(25)23-18-9-11-24(12-10-18)14-15-3-1-2-4-15/h5-8,15,18H,1-4,9-14H2,(H,22,26)(H,23,25). The van der Waals surface area contributed by atoms with E-state index >= 15 is 0 Å². The molecule has 26 heavy (non-hydrogen) atoms. The van der Waals surface area contributed by atoms with Crippen molar-refractivity contribution in [2.75, 3.05) is 26.2 Å². The second-order valence-electron chi connectivity index (χ2n) is 7.48. The number of rotatable bonds is 6. The van der Waals surface area contributed by atoms with Crippen LogP contribution in [-0.4, -0.2) is 48.9 Å². The lowest BCUT2D eigenvalue weighted by molar-refractivity contribution is -0.121. The van der Waals surface area contributed by atoms with Crippen molar-refractivity contribution in [2.24, 2.45) is 5.92 Å². The zero-order chi connectivity index (χ0) is 18.4. The molecule has 2 amide bonds. The van der Waals surface area contributed by atoms with Crippen LogP contribution in [0.4, 0.5) is 4.39 Å². The highest BCUT2D eigenvalue weighted by atomic mass is 19.1. The zero-order valence-electron chi connectivity index (χ0n) is 15.2. The number of carbonyl (C=O) groups is 2. The van der Waals surface area contributed by atoms with Crippen molar-refractivity contribution >= 4 is 11.8 Å². The van der Waals surface area contributed by atoms with Crippen molar-refractivity contribution in [3.8, 4) is 0 Å². The van der Waals surface area contributed by atoms with Gasteiger partial charge in [-0.2, -0.15) is 0 Å². The van der Waals surface area contributed by atoms with Crippen molar-refractivity contribution < 1.29 is 14.0 Å². The maximum Gasteiger partial charge on any atom is 0.251 e. The third-order valence-corrected chi connectivity index (χ3v) is 5.46. The minimum Gasteiger partial charge on any atom is -0.352 e. The van der Waals surface area contributed by atoms with Gasteiger partial charge in [-0.25, -0.2) is 4.39 Å². The van der Waals surface area contributed by atoms with E-state index in [9.17, 15) is 14.0 Å². The van der Waals surface area contributed by atoms with Gasteiger partial charge in [0.15, 0.2) is 0 Å². The number of carbonyl (C=O) groups excluding carboxylic acids is 2. The van der Waals surface area contributed by atoms with E-state index in [2.05, 4.69) is 15.5 Å². The molecule has 2 N–H and O–H groups in total. The molecule has 0 unspecified atom stereocenters. The fourth-order valence-electron chi connectivity index (χ4n) is 3.96. The molecule has 0 bridgehead atoms. The van der Waals surface area contributed by atoms with Gasteiger partial charge < -0.3 is 15.5 Å². The number of hydrogen-bond donors (Lipinski definition) is 2. The van der Waals surface area contributed by atoms with Gasteiger partial charge in [-0.05, 0) is 55.9 Å². The second kappa shape index (κ2) is 9.12. The van der Waals surface area contributed by atoms with Gasteiger partial charge in [-0.1, -0.05) is 12.8 Å². The van der Waals surface area contributed by atoms with E-state index in [0.717, 1.165) is 31.8 Å². The summed E-state index contributed by atoms with van der Waals surface area (Å²) in [5.74, 6) is -0.0670. The van der Waals surface area contributed by atoms with Crippen LogP contribution in [0.1, 0.15) is 48.9 Å². The third kappa shape index (κ3) is 5.53. The van der Waals surface area contributed by atoms with Crippen molar-refractivity contribution in [3.05, 3.63) is 35.6 Å². The zero-order valence-corrected chi connectivity index (χ0v) is 15.2. The molecule has 1 aliphatic heterocycles. The van der Waals surface area contributed by atoms with Crippen molar-refractivity contribution in [1.82, 2.24) is 15.5 Å². The Hall–Kier alpha value is -1.95. The maximum absolute atomic E-state index is 12.9. The van der Waals surface area contributed by atoms with E-state index in [-0.39, 0.29) is 24.4 Å². The summed E-state index contributed by atoms with van der Waals surface area (Å²) in [5.41, 5.74) is 0.347. The lowest BCUT2D eigenvalue weighted by Crippen LogP contribution is -2.48. The first-order chi connectivity index (χ1) is 12.6. The Bertz CT molecular complexity index is 606. The Morgan fingerprint density at radius 1 is 1.04 bits per heavy atom. The van der Waals surface area contributed by atoms with Crippen LogP contribution in [0.3, 0.4) is 0 Å². The molecule has 1 aromatic carbocycles. The summed E-state index contributed by atoms with van der Waals surface area (Å²) in [6.07, 6.45) is 7.41. The SMILES string of the molecule is O=C(CNC(=O)c1ccc(F)cc1)NC1CCN(CC2CCCC2)CC1. The first kappa shape index (κ1) is 18.8. The molecule has 2 fully saturated rings. The van der Waals surface area contributed by atoms with Gasteiger partial charge in [0.25, 0.3) is 5.91 Å². The van der Waals surface area contributed by atoms with E-state index in [4.69, 9.17) is 0 Å². The third-order valence-electron chi connectivity index (χ3n) is 5.46. The molecular formula is C20H28FN3O2. The average Bonchev–Trinajstić information content (AvgIpc) is 3.15. The van der Waals surface area contributed by atoms with Gasteiger partial charge in [0.2, 0.25) is 5.91 Å². The van der Waals surface area contributed by atoms with Crippen molar-refractivity contribution in [1.29, 1.82) is 0 Å². The number of piperidine rings is 1. The minimum atomic E-state index is -0.390. The molecule has 0 spiro atoms. The molecule has 1 heterocycles. The average molecular weight is 361 g/mol. The highest BCUT2D eigenvalue weighted by Crippen LogP contribution is 2.26. The summed E-state index contributed by atoms with van der Waals surface area (Å²) in [5, 5.41) is 5.59. The van der Waals surface area contributed by atoms with Gasteiger partial charge in [0.1, 0.15) is 5.82 Å². The number of halogens is 1. The van der Waals surface area contributed by atoms with E-state index in [1.165, 1.54) is 56.5 Å². The molecule has 1 saturated heterocycles. The maximum atomic E-state index is 12.9. The van der Waals surface area contributed by atoms with Gasteiger partial charge >= 0.3 is 0 Å². The van der Waals surface area contributed by atoms with Crippen LogP contribution < -0.4 is 10.6 Å². The highest BCUT2D eigenvalue weighted by molar-refractivity contribution is 5.96. The van der Waals surface area contributed by atoms with Crippen molar-refractivity contribution in [3.63, 3.8) is 0 Å². The van der Waals surface area contributed by atoms with Gasteiger partial charge in [0.05, 0.1) is 6.54 Å². The molecule has 142 valence electrons. The lowest BCUT2D eigenvalue weighted by Gasteiger charge is -2.33. The minimum absolute atomic E-state index is 0.0570. The van der Waals surface area contributed by atoms with E-state index < -0.39 is 5.82 Å². The molecule has 1 saturated carbocycles. The Morgan fingerprint density at radius 3 is 2.35 bits per heavy atom. The molecule has 0 aromatic heterocycles. The summed E-state index contributed by atoms with van der Waals surface area (Å²) in [6, 6.07) is 5.46. The first-order valence-electron chi connectivity index (χ1n) is 9.65. The number of hydrogen-bond acceptors (Lipinski definition) is 3. The Labute approximate surface area is 154 Å². The summed E-state index contributed by atoms with van der Waals surface area (Å²) in [7, 11) is 0. The Kier molecular flexibility index (Phi) is 6.61. The van der Waals surface area contributed by atoms with Gasteiger partial charge in [-0.15, -0.1) is 0 Å². The second-order valence-corrected chi connectivity index (χ2v) is 7.48. The van der Waals surface area contributed by atoms with Crippen LogP contribution in [0.15, 0.2) is 24.3 Å². The smallest absolute Gasteiger partial charge is 0.251 e.